The molecule has 1 N–H and O–H groups in total. The lowest BCUT2D eigenvalue weighted by molar-refractivity contribution is -0.117. The molecule has 1 aliphatic rings. The summed E-state index contributed by atoms with van der Waals surface area (Å²) in [6.45, 7) is 1.39. The Hall–Kier alpha value is -1.31. The van der Waals surface area contributed by atoms with Crippen LogP contribution in [0.3, 0.4) is 0 Å². The highest BCUT2D eigenvalue weighted by molar-refractivity contribution is 7.13. The highest BCUT2D eigenvalue weighted by Crippen LogP contribution is 2.32. The number of rotatable bonds is 4. The van der Waals surface area contributed by atoms with Crippen LogP contribution in [0.15, 0.2) is 22.3 Å². The average molecular weight is 294 g/mol. The number of carbonyl (C=O) groups is 1. The number of amides is 1. The first-order chi connectivity index (χ1) is 9.33. The Bertz CT molecular complexity index is 526. The van der Waals surface area contributed by atoms with Gasteiger partial charge in [0.1, 0.15) is 5.51 Å². The summed E-state index contributed by atoms with van der Waals surface area (Å²) in [5.41, 5.74) is 2.94. The van der Waals surface area contributed by atoms with Crippen LogP contribution in [0, 0.1) is 0 Å². The van der Waals surface area contributed by atoms with Crippen LogP contribution in [0.25, 0.3) is 0 Å². The van der Waals surface area contributed by atoms with Crippen molar-refractivity contribution in [2.75, 3.05) is 18.4 Å². The lowest BCUT2D eigenvalue weighted by Crippen LogP contribution is -2.32. The zero-order valence-corrected chi connectivity index (χ0v) is 11.9. The van der Waals surface area contributed by atoms with Gasteiger partial charge < -0.3 is 0 Å². The molecular formula is C12H14N4OS2. The van der Waals surface area contributed by atoms with Crippen LogP contribution >= 0.6 is 22.7 Å². The summed E-state index contributed by atoms with van der Waals surface area (Å²) in [4.78, 5) is 14.2. The van der Waals surface area contributed by atoms with Crippen molar-refractivity contribution in [1.82, 2.24) is 15.1 Å². The summed E-state index contributed by atoms with van der Waals surface area (Å²) >= 11 is 3.04. The molecule has 0 aromatic carbocycles. The Labute approximate surface area is 119 Å². The predicted molar refractivity (Wildman–Crippen MR) is 76.4 cm³/mol. The van der Waals surface area contributed by atoms with Gasteiger partial charge in [0.2, 0.25) is 11.0 Å². The van der Waals surface area contributed by atoms with Gasteiger partial charge in [0.25, 0.3) is 0 Å². The van der Waals surface area contributed by atoms with Crippen molar-refractivity contribution >= 4 is 33.7 Å². The molecule has 5 nitrogen and oxygen atoms in total. The molecule has 100 valence electrons. The summed E-state index contributed by atoms with van der Waals surface area (Å²) in [7, 11) is 0. The molecule has 0 aliphatic carbocycles. The fourth-order valence-electron chi connectivity index (χ4n) is 2.43. The zero-order valence-electron chi connectivity index (χ0n) is 10.3. The maximum Gasteiger partial charge on any atom is 0.240 e. The van der Waals surface area contributed by atoms with Gasteiger partial charge in [-0.25, -0.2) is 0 Å². The Balaban J connectivity index is 1.61. The number of carbonyl (C=O) groups excluding carboxylic acids is 1. The molecule has 0 saturated carbocycles. The summed E-state index contributed by atoms with van der Waals surface area (Å²) in [5, 5.41) is 15.1. The molecule has 19 heavy (non-hydrogen) atoms. The minimum atomic E-state index is -0.0149. The molecular weight excluding hydrogens is 280 g/mol. The molecule has 1 atom stereocenters. The molecule has 1 saturated heterocycles. The van der Waals surface area contributed by atoms with Crippen LogP contribution in [-0.4, -0.2) is 34.1 Å². The smallest absolute Gasteiger partial charge is 0.240 e. The molecule has 7 heteroatoms. The molecule has 2 aromatic rings. The second kappa shape index (κ2) is 5.77. The molecule has 0 bridgehead atoms. The van der Waals surface area contributed by atoms with Crippen molar-refractivity contribution in [3.8, 4) is 0 Å². The van der Waals surface area contributed by atoms with Gasteiger partial charge in [0.05, 0.1) is 6.54 Å². The summed E-state index contributed by atoms with van der Waals surface area (Å²) in [6, 6.07) is 2.53. The standard InChI is InChI=1S/C12H14N4OS2/c17-11(14-12-15-13-8-19-12)6-16-4-1-2-10(16)9-3-5-18-7-9/h3,5,7-8,10H,1-2,4,6H2,(H,14,15,17)/t10-/m0/s1. The van der Waals surface area contributed by atoms with Crippen LogP contribution in [-0.2, 0) is 4.79 Å². The topological polar surface area (TPSA) is 58.1 Å². The normalized spacial score (nSPS) is 19.7. The first-order valence-electron chi connectivity index (χ1n) is 6.15. The van der Waals surface area contributed by atoms with E-state index in [1.807, 2.05) is 0 Å². The summed E-state index contributed by atoms with van der Waals surface area (Å²) in [6.07, 6.45) is 2.27. The number of nitrogens with zero attached hydrogens (tertiary/aromatic N) is 3. The molecule has 0 unspecified atom stereocenters. The maximum atomic E-state index is 12.0. The summed E-state index contributed by atoms with van der Waals surface area (Å²) < 4.78 is 0. The van der Waals surface area contributed by atoms with Crippen LogP contribution in [0.1, 0.15) is 24.4 Å². The van der Waals surface area contributed by atoms with Gasteiger partial charge in [0, 0.05) is 6.04 Å². The minimum Gasteiger partial charge on any atom is -0.299 e. The Morgan fingerprint density at radius 3 is 3.26 bits per heavy atom. The SMILES string of the molecule is O=C(CN1CCC[C@H]1c1ccsc1)Nc1nncs1. The molecule has 2 aromatic heterocycles. The molecule has 1 fully saturated rings. The monoisotopic (exact) mass is 294 g/mol. The van der Waals surface area contributed by atoms with E-state index in [4.69, 9.17) is 0 Å². The maximum absolute atomic E-state index is 12.0. The summed E-state index contributed by atoms with van der Waals surface area (Å²) in [5.74, 6) is -0.0149. The Morgan fingerprint density at radius 1 is 1.58 bits per heavy atom. The van der Waals surface area contributed by atoms with Crippen LogP contribution in [0.4, 0.5) is 5.13 Å². The molecule has 0 radical (unpaired) electrons. The van der Waals surface area contributed by atoms with Gasteiger partial charge in [0.15, 0.2) is 0 Å². The van der Waals surface area contributed by atoms with E-state index in [0.717, 1.165) is 19.4 Å². The lowest BCUT2D eigenvalue weighted by atomic mass is 10.1. The van der Waals surface area contributed by atoms with Crippen LogP contribution < -0.4 is 5.32 Å². The number of likely N-dealkylation sites (tertiary alicyclic amines) is 1. The fourth-order valence-corrected chi connectivity index (χ4v) is 3.60. The third kappa shape index (κ3) is 2.99. The third-order valence-electron chi connectivity index (χ3n) is 3.24. The lowest BCUT2D eigenvalue weighted by Gasteiger charge is -2.22. The quantitative estimate of drug-likeness (QED) is 0.940. The average Bonchev–Trinajstić information content (AvgIpc) is 3.09. The van der Waals surface area contributed by atoms with Gasteiger partial charge in [-0.2, -0.15) is 11.3 Å². The van der Waals surface area contributed by atoms with Gasteiger partial charge in [-0.05, 0) is 41.8 Å². The number of aromatic nitrogens is 2. The van der Waals surface area contributed by atoms with Gasteiger partial charge in [-0.3, -0.25) is 15.0 Å². The van der Waals surface area contributed by atoms with Gasteiger partial charge in [-0.1, -0.05) is 11.3 Å². The zero-order chi connectivity index (χ0) is 13.1. The molecule has 0 spiro atoms. The van der Waals surface area contributed by atoms with E-state index in [0.29, 0.717) is 17.7 Å². The number of hydrogen-bond acceptors (Lipinski definition) is 6. The second-order valence-electron chi connectivity index (χ2n) is 4.48. The second-order valence-corrected chi connectivity index (χ2v) is 6.09. The molecule has 3 heterocycles. The van der Waals surface area contributed by atoms with E-state index in [1.54, 1.807) is 16.8 Å². The molecule has 3 rings (SSSR count). The van der Waals surface area contributed by atoms with E-state index in [2.05, 4.69) is 37.2 Å². The van der Waals surface area contributed by atoms with E-state index in [1.165, 1.54) is 16.9 Å². The van der Waals surface area contributed by atoms with Crippen LogP contribution in [0.2, 0.25) is 0 Å². The van der Waals surface area contributed by atoms with E-state index in [-0.39, 0.29) is 5.91 Å². The van der Waals surface area contributed by atoms with Crippen molar-refractivity contribution in [3.05, 3.63) is 27.9 Å². The van der Waals surface area contributed by atoms with E-state index >= 15 is 0 Å². The number of hydrogen-bond donors (Lipinski definition) is 1. The van der Waals surface area contributed by atoms with Crippen molar-refractivity contribution in [2.45, 2.75) is 18.9 Å². The Morgan fingerprint density at radius 2 is 2.53 bits per heavy atom. The van der Waals surface area contributed by atoms with Crippen molar-refractivity contribution in [3.63, 3.8) is 0 Å². The van der Waals surface area contributed by atoms with E-state index in [9.17, 15) is 4.79 Å². The third-order valence-corrected chi connectivity index (χ3v) is 4.55. The fraction of sp³-hybridized carbons (Fsp3) is 0.417. The number of anilines is 1. The van der Waals surface area contributed by atoms with E-state index < -0.39 is 0 Å². The minimum absolute atomic E-state index is 0.0149. The first kappa shape index (κ1) is 12.7. The number of nitrogens with one attached hydrogen (secondary N) is 1. The Kier molecular flexibility index (Phi) is 3.86. The number of thiophene rings is 1. The highest BCUT2D eigenvalue weighted by atomic mass is 32.1. The molecule has 1 amide bonds. The van der Waals surface area contributed by atoms with Crippen molar-refractivity contribution in [1.29, 1.82) is 0 Å². The van der Waals surface area contributed by atoms with Crippen molar-refractivity contribution in [2.24, 2.45) is 0 Å². The highest BCUT2D eigenvalue weighted by Gasteiger charge is 2.27. The van der Waals surface area contributed by atoms with Gasteiger partial charge >= 0.3 is 0 Å². The largest absolute Gasteiger partial charge is 0.299 e. The molecule has 1 aliphatic heterocycles. The predicted octanol–water partition coefficient (Wildman–Crippen LogP) is 2.38. The van der Waals surface area contributed by atoms with Crippen LogP contribution in [0.5, 0.6) is 0 Å². The van der Waals surface area contributed by atoms with Gasteiger partial charge in [-0.15, -0.1) is 10.2 Å². The van der Waals surface area contributed by atoms with Crippen molar-refractivity contribution < 1.29 is 4.79 Å². The first-order valence-corrected chi connectivity index (χ1v) is 7.97.